The van der Waals surface area contributed by atoms with Crippen LogP contribution in [0.1, 0.15) is 38.6 Å². The van der Waals surface area contributed by atoms with Crippen molar-refractivity contribution >= 4 is 21.6 Å². The van der Waals surface area contributed by atoms with Gasteiger partial charge < -0.3 is 0 Å². The number of thiophene rings is 1. The van der Waals surface area contributed by atoms with Gasteiger partial charge in [-0.2, -0.15) is 5.10 Å². The van der Waals surface area contributed by atoms with Crippen LogP contribution in [0.2, 0.25) is 0 Å². The maximum absolute atomic E-state index is 12.7. The molecule has 6 nitrogen and oxygen atoms in total. The average molecular weight is 317 g/mol. The minimum absolute atomic E-state index is 0.0121. The Balaban J connectivity index is 2.01. The molecule has 0 bridgehead atoms. The van der Waals surface area contributed by atoms with Crippen LogP contribution in [-0.4, -0.2) is 24.3 Å². The fourth-order valence-corrected chi connectivity index (χ4v) is 3.40. The maximum atomic E-state index is 12.7. The maximum Gasteiger partial charge on any atom is 0.271 e. The fraction of sp³-hybridized carbons (Fsp3) is 0.467. The van der Waals surface area contributed by atoms with Gasteiger partial charge in [0.15, 0.2) is 0 Å². The molecule has 1 unspecified atom stereocenters. The first kappa shape index (κ1) is 14.9. The largest absolute Gasteiger partial charge is 0.293 e. The van der Waals surface area contributed by atoms with Gasteiger partial charge in [0.05, 0.1) is 24.4 Å². The van der Waals surface area contributed by atoms with E-state index < -0.39 is 0 Å². The molecule has 1 atom stereocenters. The van der Waals surface area contributed by atoms with Crippen LogP contribution in [0.25, 0.3) is 10.2 Å². The zero-order valence-electron chi connectivity index (χ0n) is 13.1. The van der Waals surface area contributed by atoms with Gasteiger partial charge in [0.2, 0.25) is 0 Å². The van der Waals surface area contributed by atoms with E-state index in [-0.39, 0.29) is 17.0 Å². The van der Waals surface area contributed by atoms with Crippen LogP contribution in [0.15, 0.2) is 29.8 Å². The van der Waals surface area contributed by atoms with E-state index in [9.17, 15) is 4.79 Å². The molecule has 0 fully saturated rings. The van der Waals surface area contributed by atoms with Crippen LogP contribution in [0.3, 0.4) is 0 Å². The number of nitrogens with zero attached hydrogens (tertiary/aromatic N) is 5. The van der Waals surface area contributed by atoms with Crippen LogP contribution in [-0.2, 0) is 12.0 Å². The number of aromatic nitrogens is 5. The summed E-state index contributed by atoms with van der Waals surface area (Å²) in [6.45, 7) is 9.00. The molecular formula is C15H19N5OS. The Labute approximate surface area is 132 Å². The molecule has 0 aliphatic carbocycles. The third-order valence-corrected chi connectivity index (χ3v) is 5.13. The lowest BCUT2D eigenvalue weighted by Gasteiger charge is -2.14. The minimum Gasteiger partial charge on any atom is -0.293 e. The topological polar surface area (TPSA) is 65.6 Å². The van der Waals surface area contributed by atoms with Crippen molar-refractivity contribution in [1.29, 1.82) is 0 Å². The number of rotatable bonds is 3. The Bertz CT molecular complexity index is 841. The van der Waals surface area contributed by atoms with Crippen molar-refractivity contribution in [3.8, 4) is 0 Å². The van der Waals surface area contributed by atoms with Gasteiger partial charge in [-0.3, -0.25) is 14.0 Å². The van der Waals surface area contributed by atoms with Crippen molar-refractivity contribution in [3.63, 3.8) is 0 Å². The van der Waals surface area contributed by atoms with E-state index in [1.807, 2.05) is 13.0 Å². The summed E-state index contributed by atoms with van der Waals surface area (Å²) in [5.74, 6) is 0. The van der Waals surface area contributed by atoms with Gasteiger partial charge >= 0.3 is 0 Å². The molecule has 7 heteroatoms. The third kappa shape index (κ3) is 2.68. The molecule has 3 aromatic heterocycles. The minimum atomic E-state index is -0.0358. The molecule has 0 amide bonds. The molecule has 0 spiro atoms. The van der Waals surface area contributed by atoms with Crippen molar-refractivity contribution in [1.82, 2.24) is 24.3 Å². The molecule has 0 N–H and O–H groups in total. The second kappa shape index (κ2) is 5.31. The van der Waals surface area contributed by atoms with Crippen LogP contribution >= 0.6 is 11.3 Å². The van der Waals surface area contributed by atoms with Crippen molar-refractivity contribution in [2.75, 3.05) is 0 Å². The molecule has 3 heterocycles. The van der Waals surface area contributed by atoms with E-state index in [2.05, 4.69) is 35.8 Å². The molecule has 0 radical (unpaired) electrons. The predicted molar refractivity (Wildman–Crippen MR) is 87.3 cm³/mol. The van der Waals surface area contributed by atoms with E-state index in [1.54, 1.807) is 21.9 Å². The predicted octanol–water partition coefficient (Wildman–Crippen LogP) is 2.61. The summed E-state index contributed by atoms with van der Waals surface area (Å²) in [6.07, 6.45) is 4.77. The summed E-state index contributed by atoms with van der Waals surface area (Å²) in [5, 5.41) is 4.08. The normalized spacial score (nSPS) is 13.6. The summed E-state index contributed by atoms with van der Waals surface area (Å²) in [7, 11) is 0. The first-order valence-corrected chi connectivity index (χ1v) is 8.01. The lowest BCUT2D eigenvalue weighted by molar-refractivity contribution is 0.425. The molecule has 0 aliphatic heterocycles. The summed E-state index contributed by atoms with van der Waals surface area (Å²) in [5.41, 5.74) is 0.817. The highest BCUT2D eigenvalue weighted by Gasteiger charge is 2.20. The summed E-state index contributed by atoms with van der Waals surface area (Å²) < 4.78 is 4.11. The van der Waals surface area contributed by atoms with E-state index >= 15 is 0 Å². The van der Waals surface area contributed by atoms with Gasteiger partial charge in [-0.1, -0.05) is 20.8 Å². The van der Waals surface area contributed by atoms with E-state index in [4.69, 9.17) is 0 Å². The monoisotopic (exact) mass is 317 g/mol. The lowest BCUT2D eigenvalue weighted by Crippen LogP contribution is -2.25. The quantitative estimate of drug-likeness (QED) is 0.745. The van der Waals surface area contributed by atoms with Gasteiger partial charge in [-0.05, 0) is 18.4 Å². The van der Waals surface area contributed by atoms with Gasteiger partial charge in [0.25, 0.3) is 5.56 Å². The first-order chi connectivity index (χ1) is 10.4. The second-order valence-corrected chi connectivity index (χ2v) is 7.55. The third-order valence-electron chi connectivity index (χ3n) is 3.59. The molecule has 0 aliphatic rings. The summed E-state index contributed by atoms with van der Waals surface area (Å²) in [4.78, 5) is 22.3. The van der Waals surface area contributed by atoms with E-state index in [1.165, 1.54) is 22.5 Å². The van der Waals surface area contributed by atoms with Crippen molar-refractivity contribution < 1.29 is 0 Å². The average Bonchev–Trinajstić information content (AvgIpc) is 3.06. The highest BCUT2D eigenvalue weighted by molar-refractivity contribution is 7.19. The Morgan fingerprint density at radius 2 is 2.09 bits per heavy atom. The molecule has 116 valence electrons. The van der Waals surface area contributed by atoms with E-state index in [0.717, 1.165) is 10.2 Å². The highest BCUT2D eigenvalue weighted by atomic mass is 32.1. The number of hydrogen-bond donors (Lipinski definition) is 0. The second-order valence-electron chi connectivity index (χ2n) is 6.50. The van der Waals surface area contributed by atoms with Crippen LogP contribution in [0.4, 0.5) is 0 Å². The standard InChI is InChI=1S/C15H19N5OS/c1-10(6-19-8-16-7-18-19)20-9-17-11-5-12(15(2,3)4)22-13(11)14(20)21/h5,7-10H,6H2,1-4H3. The molecule has 0 saturated heterocycles. The van der Waals surface area contributed by atoms with Gasteiger partial charge in [-0.15, -0.1) is 11.3 Å². The molecule has 22 heavy (non-hydrogen) atoms. The van der Waals surface area contributed by atoms with E-state index in [0.29, 0.717) is 6.54 Å². The van der Waals surface area contributed by atoms with Crippen molar-refractivity contribution in [3.05, 3.63) is 40.3 Å². The van der Waals surface area contributed by atoms with Gasteiger partial charge in [0.1, 0.15) is 17.4 Å². The zero-order valence-corrected chi connectivity index (χ0v) is 14.0. The highest BCUT2D eigenvalue weighted by Crippen LogP contribution is 2.31. The SMILES string of the molecule is CC(Cn1cncn1)n1cnc2cc(C(C)(C)C)sc2c1=O. The Kier molecular flexibility index (Phi) is 3.60. The first-order valence-electron chi connectivity index (χ1n) is 7.20. The molecular weight excluding hydrogens is 298 g/mol. The summed E-state index contributed by atoms with van der Waals surface area (Å²) >= 11 is 1.54. The number of hydrogen-bond acceptors (Lipinski definition) is 5. The lowest BCUT2D eigenvalue weighted by atomic mass is 9.95. The Morgan fingerprint density at radius 1 is 1.32 bits per heavy atom. The fourth-order valence-electron chi connectivity index (χ4n) is 2.29. The van der Waals surface area contributed by atoms with Crippen LogP contribution in [0.5, 0.6) is 0 Å². The zero-order chi connectivity index (χ0) is 15.9. The number of fused-ring (bicyclic) bond motifs is 1. The Morgan fingerprint density at radius 3 is 2.73 bits per heavy atom. The van der Waals surface area contributed by atoms with Crippen LogP contribution in [0, 0.1) is 0 Å². The van der Waals surface area contributed by atoms with Gasteiger partial charge in [0, 0.05) is 4.88 Å². The molecule has 3 rings (SSSR count). The van der Waals surface area contributed by atoms with Crippen molar-refractivity contribution in [2.45, 2.75) is 45.7 Å². The smallest absolute Gasteiger partial charge is 0.271 e. The molecule has 3 aromatic rings. The van der Waals surface area contributed by atoms with Gasteiger partial charge in [-0.25, -0.2) is 9.97 Å². The van der Waals surface area contributed by atoms with Crippen LogP contribution < -0.4 is 5.56 Å². The molecule has 0 aromatic carbocycles. The van der Waals surface area contributed by atoms with Crippen molar-refractivity contribution in [2.24, 2.45) is 0 Å². The summed E-state index contributed by atoms with van der Waals surface area (Å²) in [6, 6.07) is 1.99. The molecule has 0 saturated carbocycles. The Hall–Kier alpha value is -2.02.